The summed E-state index contributed by atoms with van der Waals surface area (Å²) in [5.74, 6) is 0.223. The molecule has 1 rings (SSSR count). The number of hydrogen-bond donors (Lipinski definition) is 0. The van der Waals surface area contributed by atoms with Crippen LogP contribution in [0.1, 0.15) is 20.3 Å². The molecular formula is C8H11BrO. The average Bonchev–Trinajstić information content (AvgIpc) is 1.81. The lowest BCUT2D eigenvalue weighted by atomic mass is 9.82. The van der Waals surface area contributed by atoms with Gasteiger partial charge in [-0.3, -0.25) is 4.79 Å². The van der Waals surface area contributed by atoms with Gasteiger partial charge in [0.1, 0.15) is 0 Å². The van der Waals surface area contributed by atoms with Crippen molar-refractivity contribution in [2.24, 2.45) is 5.41 Å². The van der Waals surface area contributed by atoms with Gasteiger partial charge in [-0.05, 0) is 11.5 Å². The van der Waals surface area contributed by atoms with E-state index in [0.717, 1.165) is 0 Å². The van der Waals surface area contributed by atoms with Crippen LogP contribution < -0.4 is 0 Å². The molecule has 2 heteroatoms. The Balaban J connectivity index is 2.82. The van der Waals surface area contributed by atoms with E-state index in [9.17, 15) is 4.79 Å². The van der Waals surface area contributed by atoms with E-state index in [2.05, 4.69) is 29.8 Å². The first kappa shape index (κ1) is 7.99. The second-order valence-electron chi connectivity index (χ2n) is 3.29. The summed E-state index contributed by atoms with van der Waals surface area (Å²) in [5.41, 5.74) is 0.133. The van der Waals surface area contributed by atoms with Gasteiger partial charge >= 0.3 is 0 Å². The van der Waals surface area contributed by atoms with Crippen molar-refractivity contribution < 1.29 is 4.79 Å². The van der Waals surface area contributed by atoms with E-state index >= 15 is 0 Å². The molecule has 0 aromatic rings. The zero-order chi connectivity index (χ0) is 7.78. The summed E-state index contributed by atoms with van der Waals surface area (Å²) in [6, 6.07) is 0. The summed E-state index contributed by atoms with van der Waals surface area (Å²) >= 11 is 3.48. The predicted octanol–water partition coefficient (Wildman–Crippen LogP) is 2.31. The van der Waals surface area contributed by atoms with E-state index in [1.54, 1.807) is 6.08 Å². The van der Waals surface area contributed by atoms with Gasteiger partial charge in [-0.2, -0.15) is 0 Å². The summed E-state index contributed by atoms with van der Waals surface area (Å²) in [6.45, 7) is 4.24. The molecule has 0 saturated heterocycles. The number of ketones is 1. The molecule has 0 aromatic carbocycles. The van der Waals surface area contributed by atoms with Gasteiger partial charge in [0.25, 0.3) is 0 Å². The van der Waals surface area contributed by atoms with Crippen LogP contribution in [0.15, 0.2) is 12.2 Å². The quantitative estimate of drug-likeness (QED) is 0.552. The lowest BCUT2D eigenvalue weighted by Gasteiger charge is -2.29. The van der Waals surface area contributed by atoms with Crippen LogP contribution in [0.2, 0.25) is 0 Å². The zero-order valence-electron chi connectivity index (χ0n) is 6.23. The molecule has 0 aliphatic heterocycles. The Labute approximate surface area is 69.6 Å². The molecule has 0 N–H and O–H groups in total. The van der Waals surface area contributed by atoms with Crippen LogP contribution in [0, 0.1) is 5.41 Å². The van der Waals surface area contributed by atoms with Gasteiger partial charge in [-0.25, -0.2) is 0 Å². The van der Waals surface area contributed by atoms with Gasteiger partial charge < -0.3 is 0 Å². The number of carbonyl (C=O) groups excluding carboxylic acids is 1. The molecule has 0 spiro atoms. The van der Waals surface area contributed by atoms with Gasteiger partial charge in [-0.15, -0.1) is 0 Å². The molecule has 1 aliphatic carbocycles. The minimum Gasteiger partial charge on any atom is -0.295 e. The van der Waals surface area contributed by atoms with Crippen molar-refractivity contribution in [3.05, 3.63) is 12.2 Å². The Bertz CT molecular complexity index is 182. The van der Waals surface area contributed by atoms with E-state index in [-0.39, 0.29) is 11.2 Å². The maximum Gasteiger partial charge on any atom is 0.156 e. The van der Waals surface area contributed by atoms with E-state index in [4.69, 9.17) is 0 Å². The van der Waals surface area contributed by atoms with Crippen molar-refractivity contribution >= 4 is 21.7 Å². The topological polar surface area (TPSA) is 17.1 Å². The Hall–Kier alpha value is -0.110. The van der Waals surface area contributed by atoms with Crippen LogP contribution in [-0.2, 0) is 4.79 Å². The van der Waals surface area contributed by atoms with Crippen LogP contribution in [0.5, 0.6) is 0 Å². The fraction of sp³-hybridized carbons (Fsp3) is 0.625. The lowest BCUT2D eigenvalue weighted by molar-refractivity contribution is -0.115. The molecule has 0 bridgehead atoms. The Kier molecular flexibility index (Phi) is 1.99. The Morgan fingerprint density at radius 2 is 2.30 bits per heavy atom. The van der Waals surface area contributed by atoms with Gasteiger partial charge in [0.2, 0.25) is 0 Å². The number of allylic oxidation sites excluding steroid dienone is 2. The fourth-order valence-corrected chi connectivity index (χ4v) is 1.39. The predicted molar refractivity (Wildman–Crippen MR) is 45.3 cm³/mol. The third-order valence-electron chi connectivity index (χ3n) is 1.89. The zero-order valence-corrected chi connectivity index (χ0v) is 7.81. The number of hydrogen-bond acceptors (Lipinski definition) is 1. The molecule has 0 radical (unpaired) electrons. The highest BCUT2D eigenvalue weighted by atomic mass is 79.9. The SMILES string of the molecule is CC1(C)C=CC(=O)CC1Br. The minimum absolute atomic E-state index is 0.133. The van der Waals surface area contributed by atoms with Crippen molar-refractivity contribution in [3.8, 4) is 0 Å². The van der Waals surface area contributed by atoms with E-state index < -0.39 is 0 Å². The van der Waals surface area contributed by atoms with E-state index in [0.29, 0.717) is 11.2 Å². The van der Waals surface area contributed by atoms with E-state index in [1.165, 1.54) is 0 Å². The maximum absolute atomic E-state index is 10.8. The minimum atomic E-state index is 0.133. The first-order chi connectivity index (χ1) is 4.52. The molecule has 56 valence electrons. The molecule has 0 amide bonds. The molecule has 0 heterocycles. The van der Waals surface area contributed by atoms with Crippen molar-refractivity contribution in [1.82, 2.24) is 0 Å². The number of alkyl halides is 1. The van der Waals surface area contributed by atoms with Gasteiger partial charge in [0.15, 0.2) is 5.78 Å². The highest BCUT2D eigenvalue weighted by molar-refractivity contribution is 9.09. The molecule has 1 atom stereocenters. The third kappa shape index (κ3) is 1.48. The van der Waals surface area contributed by atoms with Crippen LogP contribution in [0.25, 0.3) is 0 Å². The molecule has 0 aromatic heterocycles. The van der Waals surface area contributed by atoms with Crippen LogP contribution in [0.3, 0.4) is 0 Å². The van der Waals surface area contributed by atoms with Crippen molar-refractivity contribution in [2.45, 2.75) is 25.1 Å². The molecular weight excluding hydrogens is 192 g/mol. The second kappa shape index (κ2) is 2.50. The normalized spacial score (nSPS) is 30.7. The van der Waals surface area contributed by atoms with Crippen molar-refractivity contribution in [1.29, 1.82) is 0 Å². The summed E-state index contributed by atoms with van der Waals surface area (Å²) < 4.78 is 0. The molecule has 1 nitrogen and oxygen atoms in total. The Morgan fingerprint density at radius 3 is 2.70 bits per heavy atom. The summed E-state index contributed by atoms with van der Waals surface area (Å²) in [7, 11) is 0. The van der Waals surface area contributed by atoms with Crippen molar-refractivity contribution in [2.75, 3.05) is 0 Å². The highest BCUT2D eigenvalue weighted by Crippen LogP contribution is 2.34. The van der Waals surface area contributed by atoms with E-state index in [1.807, 2.05) is 6.08 Å². The number of carbonyl (C=O) groups is 1. The summed E-state index contributed by atoms with van der Waals surface area (Å²) in [4.78, 5) is 11.1. The smallest absolute Gasteiger partial charge is 0.156 e. The van der Waals surface area contributed by atoms with Crippen molar-refractivity contribution in [3.63, 3.8) is 0 Å². The van der Waals surface area contributed by atoms with Crippen LogP contribution >= 0.6 is 15.9 Å². The largest absolute Gasteiger partial charge is 0.295 e. The monoisotopic (exact) mass is 202 g/mol. The molecule has 1 unspecified atom stereocenters. The first-order valence-electron chi connectivity index (χ1n) is 3.38. The standard InChI is InChI=1S/C8H11BrO/c1-8(2)4-3-6(10)5-7(8)9/h3-4,7H,5H2,1-2H3. The van der Waals surface area contributed by atoms with Crippen LogP contribution in [-0.4, -0.2) is 10.6 Å². The number of halogens is 1. The van der Waals surface area contributed by atoms with Gasteiger partial charge in [0.05, 0.1) is 0 Å². The molecule has 0 fully saturated rings. The molecule has 1 aliphatic rings. The lowest BCUT2D eigenvalue weighted by Crippen LogP contribution is -2.27. The summed E-state index contributed by atoms with van der Waals surface area (Å²) in [6.07, 6.45) is 4.28. The molecule has 0 saturated carbocycles. The highest BCUT2D eigenvalue weighted by Gasteiger charge is 2.29. The fourth-order valence-electron chi connectivity index (χ4n) is 0.920. The third-order valence-corrected chi connectivity index (χ3v) is 3.39. The second-order valence-corrected chi connectivity index (χ2v) is 4.40. The maximum atomic E-state index is 10.8. The Morgan fingerprint density at radius 1 is 1.70 bits per heavy atom. The van der Waals surface area contributed by atoms with Crippen LogP contribution in [0.4, 0.5) is 0 Å². The summed E-state index contributed by atoms with van der Waals surface area (Å²) in [5, 5.41) is 0. The number of rotatable bonds is 0. The van der Waals surface area contributed by atoms with Gasteiger partial charge in [-0.1, -0.05) is 35.9 Å². The molecule has 10 heavy (non-hydrogen) atoms. The van der Waals surface area contributed by atoms with Gasteiger partial charge in [0, 0.05) is 11.2 Å². The first-order valence-corrected chi connectivity index (χ1v) is 4.30. The average molecular weight is 203 g/mol.